The van der Waals surface area contributed by atoms with Crippen LogP contribution in [0.1, 0.15) is 5.56 Å². The quantitative estimate of drug-likeness (QED) is 0.522. The minimum Gasteiger partial charge on any atom is -0.369 e. The van der Waals surface area contributed by atoms with E-state index in [1.54, 1.807) is 0 Å². The summed E-state index contributed by atoms with van der Waals surface area (Å²) in [5.41, 5.74) is 1.17. The summed E-state index contributed by atoms with van der Waals surface area (Å²) in [5, 5.41) is 0. The van der Waals surface area contributed by atoms with Crippen LogP contribution in [0, 0.1) is 0 Å². The van der Waals surface area contributed by atoms with Crippen molar-refractivity contribution in [1.29, 1.82) is 0 Å². The molecule has 1 nitrogen and oxygen atoms in total. The Morgan fingerprint density at radius 2 is 1.85 bits per heavy atom. The van der Waals surface area contributed by atoms with Crippen molar-refractivity contribution in [3.05, 3.63) is 42.0 Å². The lowest BCUT2D eigenvalue weighted by Crippen LogP contribution is -2.16. The van der Waals surface area contributed by atoms with E-state index in [1.165, 1.54) is 5.56 Å². The molecule has 0 amide bonds. The molecule has 0 aliphatic heterocycles. The molecular formula is C11H13NS. The molecule has 0 N–H and O–H groups in total. The molecular weight excluding hydrogens is 178 g/mol. The predicted molar refractivity (Wildman–Crippen MR) is 61.8 cm³/mol. The number of benzene rings is 1. The SMILES string of the molecule is CN(C)C(=S)/C=C/c1ccccc1. The molecule has 1 aromatic rings. The van der Waals surface area contributed by atoms with Crippen LogP contribution in [0.25, 0.3) is 6.08 Å². The first-order valence-corrected chi connectivity index (χ1v) is 4.55. The summed E-state index contributed by atoms with van der Waals surface area (Å²) in [6.07, 6.45) is 3.95. The molecule has 0 heterocycles. The molecule has 0 aliphatic rings. The van der Waals surface area contributed by atoms with Crippen LogP contribution < -0.4 is 0 Å². The summed E-state index contributed by atoms with van der Waals surface area (Å²) in [6.45, 7) is 0. The molecule has 1 aromatic carbocycles. The lowest BCUT2D eigenvalue weighted by Gasteiger charge is -2.08. The molecule has 1 rings (SSSR count). The first-order chi connectivity index (χ1) is 6.20. The molecule has 68 valence electrons. The zero-order valence-corrected chi connectivity index (χ0v) is 8.71. The maximum atomic E-state index is 5.12. The minimum atomic E-state index is 0.837. The third-order valence-corrected chi connectivity index (χ3v) is 2.16. The molecule has 0 bridgehead atoms. The molecule has 13 heavy (non-hydrogen) atoms. The van der Waals surface area contributed by atoms with Gasteiger partial charge in [0, 0.05) is 14.1 Å². The number of hydrogen-bond acceptors (Lipinski definition) is 1. The van der Waals surface area contributed by atoms with Crippen molar-refractivity contribution in [2.75, 3.05) is 14.1 Å². The maximum absolute atomic E-state index is 5.12. The number of nitrogens with zero attached hydrogens (tertiary/aromatic N) is 1. The molecule has 0 aromatic heterocycles. The van der Waals surface area contributed by atoms with Crippen molar-refractivity contribution >= 4 is 23.3 Å². The molecule has 0 saturated carbocycles. The molecule has 0 unspecified atom stereocenters. The van der Waals surface area contributed by atoms with Crippen LogP contribution in [0.2, 0.25) is 0 Å². The summed E-state index contributed by atoms with van der Waals surface area (Å²) >= 11 is 5.12. The lowest BCUT2D eigenvalue weighted by molar-refractivity contribution is 0.639. The van der Waals surface area contributed by atoms with Gasteiger partial charge >= 0.3 is 0 Å². The van der Waals surface area contributed by atoms with Gasteiger partial charge in [0.25, 0.3) is 0 Å². The fraction of sp³-hybridized carbons (Fsp3) is 0.182. The van der Waals surface area contributed by atoms with E-state index < -0.39 is 0 Å². The first kappa shape index (κ1) is 9.93. The third-order valence-electron chi connectivity index (χ3n) is 1.66. The molecule has 0 fully saturated rings. The van der Waals surface area contributed by atoms with E-state index in [2.05, 4.69) is 12.1 Å². The standard InChI is InChI=1S/C11H13NS/c1-12(2)11(13)9-8-10-6-4-3-5-7-10/h3-9H,1-2H3/b9-8+. The molecule has 2 heteroatoms. The average molecular weight is 191 g/mol. The first-order valence-electron chi connectivity index (χ1n) is 4.14. The van der Waals surface area contributed by atoms with Crippen molar-refractivity contribution in [3.8, 4) is 0 Å². The number of rotatable bonds is 2. The van der Waals surface area contributed by atoms with Crippen LogP contribution in [0.5, 0.6) is 0 Å². The monoisotopic (exact) mass is 191 g/mol. The summed E-state index contributed by atoms with van der Waals surface area (Å²) in [5.74, 6) is 0. The largest absolute Gasteiger partial charge is 0.369 e. The topological polar surface area (TPSA) is 3.24 Å². The molecule has 0 spiro atoms. The second kappa shape index (κ2) is 4.77. The zero-order valence-electron chi connectivity index (χ0n) is 7.90. The summed E-state index contributed by atoms with van der Waals surface area (Å²) in [6, 6.07) is 10.1. The number of likely N-dealkylation sites (N-methyl/N-ethyl adjacent to an activating group) is 1. The Labute approximate surface area is 84.7 Å². The fourth-order valence-electron chi connectivity index (χ4n) is 0.881. The summed E-state index contributed by atoms with van der Waals surface area (Å²) in [7, 11) is 3.88. The van der Waals surface area contributed by atoms with Gasteiger partial charge in [-0.2, -0.15) is 0 Å². The van der Waals surface area contributed by atoms with Gasteiger partial charge in [0.15, 0.2) is 0 Å². The Morgan fingerprint density at radius 3 is 2.38 bits per heavy atom. The van der Waals surface area contributed by atoms with Crippen molar-refractivity contribution in [3.63, 3.8) is 0 Å². The Kier molecular flexibility index (Phi) is 3.65. The van der Waals surface area contributed by atoms with Crippen molar-refractivity contribution in [1.82, 2.24) is 4.90 Å². The predicted octanol–water partition coefficient (Wildman–Crippen LogP) is 2.59. The number of hydrogen-bond donors (Lipinski definition) is 0. The van der Waals surface area contributed by atoms with Crippen LogP contribution in [0.3, 0.4) is 0 Å². The average Bonchev–Trinajstić information content (AvgIpc) is 2.15. The highest BCUT2D eigenvalue weighted by Crippen LogP contribution is 2.01. The second-order valence-corrected chi connectivity index (χ2v) is 3.39. The highest BCUT2D eigenvalue weighted by molar-refractivity contribution is 7.80. The van der Waals surface area contributed by atoms with Crippen molar-refractivity contribution < 1.29 is 0 Å². The van der Waals surface area contributed by atoms with Crippen LogP contribution in [0.4, 0.5) is 0 Å². The van der Waals surface area contributed by atoms with Gasteiger partial charge in [0.1, 0.15) is 4.99 Å². The fourth-order valence-corrected chi connectivity index (χ4v) is 0.949. The van der Waals surface area contributed by atoms with Gasteiger partial charge in [0.05, 0.1) is 0 Å². The van der Waals surface area contributed by atoms with Gasteiger partial charge in [-0.1, -0.05) is 48.6 Å². The van der Waals surface area contributed by atoms with Gasteiger partial charge in [-0.25, -0.2) is 0 Å². The van der Waals surface area contributed by atoms with E-state index in [4.69, 9.17) is 12.2 Å². The summed E-state index contributed by atoms with van der Waals surface area (Å²) in [4.78, 5) is 2.75. The maximum Gasteiger partial charge on any atom is 0.101 e. The minimum absolute atomic E-state index is 0.837. The molecule has 0 radical (unpaired) electrons. The van der Waals surface area contributed by atoms with Gasteiger partial charge < -0.3 is 4.90 Å². The van der Waals surface area contributed by atoms with Crippen LogP contribution in [0.15, 0.2) is 36.4 Å². The highest BCUT2D eigenvalue weighted by atomic mass is 32.1. The zero-order chi connectivity index (χ0) is 9.68. The lowest BCUT2D eigenvalue weighted by atomic mass is 10.2. The van der Waals surface area contributed by atoms with E-state index in [0.29, 0.717) is 0 Å². The van der Waals surface area contributed by atoms with Crippen molar-refractivity contribution in [2.24, 2.45) is 0 Å². The van der Waals surface area contributed by atoms with Crippen LogP contribution in [-0.2, 0) is 0 Å². The van der Waals surface area contributed by atoms with Gasteiger partial charge in [-0.3, -0.25) is 0 Å². The Bertz CT molecular complexity index is 301. The normalized spacial score (nSPS) is 10.3. The Balaban J connectivity index is 2.64. The highest BCUT2D eigenvalue weighted by Gasteiger charge is 1.91. The third kappa shape index (κ3) is 3.38. The van der Waals surface area contributed by atoms with Gasteiger partial charge in [-0.05, 0) is 11.6 Å². The van der Waals surface area contributed by atoms with E-state index in [9.17, 15) is 0 Å². The molecule has 0 aliphatic carbocycles. The smallest absolute Gasteiger partial charge is 0.101 e. The van der Waals surface area contributed by atoms with E-state index in [1.807, 2.05) is 49.3 Å². The van der Waals surface area contributed by atoms with Crippen LogP contribution in [-0.4, -0.2) is 24.0 Å². The Hall–Kier alpha value is -1.15. The molecule has 0 atom stereocenters. The van der Waals surface area contributed by atoms with E-state index in [0.717, 1.165) is 4.99 Å². The van der Waals surface area contributed by atoms with Gasteiger partial charge in [-0.15, -0.1) is 0 Å². The van der Waals surface area contributed by atoms with E-state index >= 15 is 0 Å². The Morgan fingerprint density at radius 1 is 1.23 bits per heavy atom. The van der Waals surface area contributed by atoms with Crippen molar-refractivity contribution in [2.45, 2.75) is 0 Å². The molecule has 0 saturated heterocycles. The van der Waals surface area contributed by atoms with Gasteiger partial charge in [0.2, 0.25) is 0 Å². The number of thiocarbonyl (C=S) groups is 1. The van der Waals surface area contributed by atoms with Crippen LogP contribution >= 0.6 is 12.2 Å². The van der Waals surface area contributed by atoms with E-state index in [-0.39, 0.29) is 0 Å². The second-order valence-electron chi connectivity index (χ2n) is 2.98. The summed E-state index contributed by atoms with van der Waals surface area (Å²) < 4.78 is 0.